The zero-order chi connectivity index (χ0) is 29.1. The van der Waals surface area contributed by atoms with Gasteiger partial charge in [0.05, 0.1) is 38.5 Å². The Morgan fingerprint density at radius 2 is 1.78 bits per heavy atom. The molecule has 0 saturated heterocycles. The van der Waals surface area contributed by atoms with Gasteiger partial charge in [-0.25, -0.2) is 9.79 Å². The van der Waals surface area contributed by atoms with Crippen molar-refractivity contribution in [3.8, 4) is 5.75 Å². The van der Waals surface area contributed by atoms with Crippen LogP contribution in [0, 0.1) is 5.92 Å². The maximum atomic E-state index is 13.8. The van der Waals surface area contributed by atoms with Crippen molar-refractivity contribution in [1.29, 1.82) is 0 Å². The number of aromatic nitrogens is 1. The number of carbonyl (C=O) groups is 1. The monoisotopic (exact) mass is 606 g/mol. The predicted molar refractivity (Wildman–Crippen MR) is 163 cm³/mol. The lowest BCUT2D eigenvalue weighted by molar-refractivity contribution is -0.140. The van der Waals surface area contributed by atoms with Crippen LogP contribution in [-0.4, -0.2) is 17.1 Å². The van der Waals surface area contributed by atoms with Crippen LogP contribution in [0.3, 0.4) is 0 Å². The van der Waals surface area contributed by atoms with Gasteiger partial charge in [-0.2, -0.15) is 0 Å². The van der Waals surface area contributed by atoms with Crippen molar-refractivity contribution in [2.45, 2.75) is 33.4 Å². The Balaban J connectivity index is 1.56. The molecule has 5 rings (SSSR count). The van der Waals surface area contributed by atoms with Crippen molar-refractivity contribution in [2.75, 3.05) is 6.61 Å². The Kier molecular flexibility index (Phi) is 8.78. The highest BCUT2D eigenvalue weighted by molar-refractivity contribution is 7.07. The zero-order valence-electron chi connectivity index (χ0n) is 22.8. The number of hydrogen-bond donors (Lipinski definition) is 0. The van der Waals surface area contributed by atoms with E-state index in [0.717, 1.165) is 16.7 Å². The fourth-order valence-corrected chi connectivity index (χ4v) is 5.81. The molecule has 4 aromatic rings. The smallest absolute Gasteiger partial charge is 0.338 e. The molecule has 0 radical (unpaired) electrons. The predicted octanol–water partition coefficient (Wildman–Crippen LogP) is 6.32. The van der Waals surface area contributed by atoms with Crippen molar-refractivity contribution in [2.24, 2.45) is 10.9 Å². The maximum absolute atomic E-state index is 13.8. The van der Waals surface area contributed by atoms with Gasteiger partial charge < -0.3 is 9.47 Å². The Morgan fingerprint density at radius 3 is 2.46 bits per heavy atom. The number of ether oxygens (including phenoxy) is 2. The first kappa shape index (κ1) is 28.9. The molecule has 0 spiro atoms. The van der Waals surface area contributed by atoms with E-state index in [-0.39, 0.29) is 18.1 Å². The molecule has 1 aromatic heterocycles. The third kappa shape index (κ3) is 6.48. The van der Waals surface area contributed by atoms with Crippen LogP contribution >= 0.6 is 34.5 Å². The van der Waals surface area contributed by atoms with E-state index in [0.29, 0.717) is 43.0 Å². The summed E-state index contributed by atoms with van der Waals surface area (Å²) in [6.07, 6.45) is 1.75. The minimum Gasteiger partial charge on any atom is -0.489 e. The van der Waals surface area contributed by atoms with Crippen LogP contribution in [-0.2, 0) is 16.1 Å². The van der Waals surface area contributed by atoms with E-state index < -0.39 is 12.0 Å². The molecular weight excluding hydrogens is 579 g/mol. The normalized spacial score (nSPS) is 15.1. The van der Waals surface area contributed by atoms with Crippen molar-refractivity contribution in [3.05, 3.63) is 130 Å². The summed E-state index contributed by atoms with van der Waals surface area (Å²) in [6, 6.07) is 21.8. The quantitative estimate of drug-likeness (QED) is 0.220. The minimum atomic E-state index is -0.718. The fraction of sp³-hybridized carbons (Fsp3) is 0.219. The molecule has 1 atom stereocenters. The highest BCUT2D eigenvalue weighted by Gasteiger charge is 2.33. The van der Waals surface area contributed by atoms with E-state index in [1.54, 1.807) is 35.8 Å². The number of fused-ring (bicyclic) bond motifs is 1. The molecule has 6 nitrogen and oxygen atoms in total. The average molecular weight is 608 g/mol. The third-order valence-electron chi connectivity index (χ3n) is 6.47. The molecule has 1 aliphatic rings. The third-order valence-corrected chi connectivity index (χ3v) is 8.20. The molecule has 0 fully saturated rings. The molecule has 1 aliphatic heterocycles. The van der Waals surface area contributed by atoms with E-state index >= 15 is 0 Å². The number of allylic oxidation sites excluding steroid dienone is 1. The second kappa shape index (κ2) is 12.5. The van der Waals surface area contributed by atoms with E-state index in [1.807, 2.05) is 68.4 Å². The van der Waals surface area contributed by atoms with Crippen LogP contribution in [0.5, 0.6) is 5.75 Å². The number of thiazole rings is 1. The summed E-state index contributed by atoms with van der Waals surface area (Å²) < 4.78 is 13.6. The number of carbonyl (C=O) groups excluding carboxylic acids is 1. The molecule has 0 amide bonds. The van der Waals surface area contributed by atoms with Gasteiger partial charge in [0, 0.05) is 0 Å². The number of hydrogen-bond acceptors (Lipinski definition) is 6. The van der Waals surface area contributed by atoms with Crippen LogP contribution in [0.25, 0.3) is 6.08 Å². The molecule has 0 bridgehead atoms. The first-order valence-corrected chi connectivity index (χ1v) is 14.7. The molecule has 0 saturated carbocycles. The lowest BCUT2D eigenvalue weighted by atomic mass is 9.96. The van der Waals surface area contributed by atoms with E-state index in [9.17, 15) is 9.59 Å². The van der Waals surface area contributed by atoms with Gasteiger partial charge in [-0.3, -0.25) is 9.36 Å². The molecule has 0 N–H and O–H groups in total. The van der Waals surface area contributed by atoms with Crippen LogP contribution < -0.4 is 19.6 Å². The largest absolute Gasteiger partial charge is 0.489 e. The maximum Gasteiger partial charge on any atom is 0.338 e. The molecule has 210 valence electrons. The first-order chi connectivity index (χ1) is 19.7. The summed E-state index contributed by atoms with van der Waals surface area (Å²) in [7, 11) is 0. The zero-order valence-corrected chi connectivity index (χ0v) is 25.1. The number of benzene rings is 3. The molecule has 9 heteroatoms. The van der Waals surface area contributed by atoms with Gasteiger partial charge >= 0.3 is 5.97 Å². The lowest BCUT2D eigenvalue weighted by Gasteiger charge is -2.25. The van der Waals surface area contributed by atoms with E-state index in [2.05, 4.69) is 4.99 Å². The fourth-order valence-electron chi connectivity index (χ4n) is 4.46. The van der Waals surface area contributed by atoms with E-state index in [1.165, 1.54) is 11.3 Å². The van der Waals surface area contributed by atoms with Gasteiger partial charge in [0.15, 0.2) is 4.80 Å². The summed E-state index contributed by atoms with van der Waals surface area (Å²) in [6.45, 7) is 6.40. The van der Waals surface area contributed by atoms with Gasteiger partial charge in [0.2, 0.25) is 0 Å². The number of rotatable bonds is 8. The Hall–Kier alpha value is -3.65. The van der Waals surface area contributed by atoms with Crippen molar-refractivity contribution in [1.82, 2.24) is 4.57 Å². The second-order valence-electron chi connectivity index (χ2n) is 10.1. The highest BCUT2D eigenvalue weighted by Crippen LogP contribution is 2.32. The summed E-state index contributed by atoms with van der Waals surface area (Å²) in [5.41, 5.74) is 3.10. The SMILES string of the molecule is CC1=C(C(=O)OCC(C)C)C(c2ccc(OCc3ccccc3)cc2)n2c(sc(=Cc3ccc(Cl)c(Cl)c3)c2=O)=N1. The van der Waals surface area contributed by atoms with Crippen LogP contribution in [0.4, 0.5) is 0 Å². The summed E-state index contributed by atoms with van der Waals surface area (Å²) >= 11 is 13.5. The number of nitrogens with zero attached hydrogens (tertiary/aromatic N) is 2. The molecule has 1 unspecified atom stereocenters. The van der Waals surface area contributed by atoms with Gasteiger partial charge in [-0.15, -0.1) is 0 Å². The van der Waals surface area contributed by atoms with Crippen molar-refractivity contribution >= 4 is 46.6 Å². The highest BCUT2D eigenvalue weighted by atomic mass is 35.5. The van der Waals surface area contributed by atoms with Gasteiger partial charge in [-0.05, 0) is 59.9 Å². The molecular formula is C32H28Cl2N2O4S. The minimum absolute atomic E-state index is 0.159. The second-order valence-corrected chi connectivity index (χ2v) is 11.9. The van der Waals surface area contributed by atoms with Crippen LogP contribution in [0.2, 0.25) is 10.0 Å². The summed E-state index contributed by atoms with van der Waals surface area (Å²) in [5.74, 6) is 0.342. The van der Waals surface area contributed by atoms with Gasteiger partial charge in [-0.1, -0.05) is 96.9 Å². The summed E-state index contributed by atoms with van der Waals surface area (Å²) in [5, 5.41) is 0.827. The lowest BCUT2D eigenvalue weighted by Crippen LogP contribution is -2.40. The van der Waals surface area contributed by atoms with Crippen molar-refractivity contribution in [3.63, 3.8) is 0 Å². The Bertz CT molecular complexity index is 1790. The summed E-state index contributed by atoms with van der Waals surface area (Å²) in [4.78, 5) is 32.4. The molecule has 0 aliphatic carbocycles. The van der Waals surface area contributed by atoms with Gasteiger partial charge in [0.25, 0.3) is 5.56 Å². The number of halogens is 2. The molecule has 41 heavy (non-hydrogen) atoms. The van der Waals surface area contributed by atoms with E-state index in [4.69, 9.17) is 32.7 Å². The first-order valence-electron chi connectivity index (χ1n) is 13.1. The molecule has 3 aromatic carbocycles. The Labute approximate surface area is 251 Å². The topological polar surface area (TPSA) is 69.9 Å². The van der Waals surface area contributed by atoms with Crippen molar-refractivity contribution < 1.29 is 14.3 Å². The Morgan fingerprint density at radius 1 is 1.05 bits per heavy atom. The van der Waals surface area contributed by atoms with Crippen LogP contribution in [0.15, 0.2) is 93.9 Å². The van der Waals surface area contributed by atoms with Crippen LogP contribution in [0.1, 0.15) is 43.5 Å². The average Bonchev–Trinajstić information content (AvgIpc) is 3.26. The standard InChI is InChI=1S/C32H28Cl2N2O4S/c1-19(2)17-40-31(38)28-20(3)35-32-36(30(37)27(41-32)16-22-9-14-25(33)26(34)15-22)29(28)23-10-12-24(13-11-23)39-18-21-7-5-4-6-8-21/h4-16,19,29H,17-18H2,1-3H3. The number of esters is 1. The van der Waals surface area contributed by atoms with Gasteiger partial charge in [0.1, 0.15) is 12.4 Å². The molecule has 2 heterocycles.